The second-order valence-corrected chi connectivity index (χ2v) is 12.5. The van der Waals surface area contributed by atoms with Crippen LogP contribution in [0.4, 0.5) is 15.4 Å². The summed E-state index contributed by atoms with van der Waals surface area (Å²) < 4.78 is 17.3. The van der Waals surface area contributed by atoms with Crippen molar-refractivity contribution in [1.82, 2.24) is 39.9 Å². The Morgan fingerprint density at radius 3 is 2.56 bits per heavy atom. The van der Waals surface area contributed by atoms with E-state index in [9.17, 15) is 14.4 Å². The smallest absolute Gasteiger partial charge is 0.444 e. The Hall–Kier alpha value is -5.34. The number of nitrogens with zero attached hydrogens (tertiary/aromatic N) is 9. The van der Waals surface area contributed by atoms with Crippen molar-refractivity contribution < 1.29 is 28.6 Å². The number of carbonyl (C=O) groups excluding carboxylic acids is 3. The summed E-state index contributed by atoms with van der Waals surface area (Å²) in [5.74, 6) is 0.589. The molecule has 5 rings (SSSR count). The number of anilines is 1. The van der Waals surface area contributed by atoms with Gasteiger partial charge < -0.3 is 19.1 Å². The lowest BCUT2D eigenvalue weighted by atomic mass is 10.0. The number of amides is 2. The first-order valence-electron chi connectivity index (χ1n) is 15.8. The molecule has 15 nitrogen and oxygen atoms in total. The zero-order valence-electron chi connectivity index (χ0n) is 28.3. The van der Waals surface area contributed by atoms with E-state index < -0.39 is 24.1 Å². The number of ether oxygens (including phenoxy) is 3. The van der Waals surface area contributed by atoms with Gasteiger partial charge in [0.05, 0.1) is 18.8 Å². The first kappa shape index (κ1) is 34.0. The number of hydrogen-bond donors (Lipinski definition) is 0. The summed E-state index contributed by atoms with van der Waals surface area (Å²) in [5.41, 5.74) is 2.75. The second-order valence-electron chi connectivity index (χ2n) is 12.5. The number of piperidine rings is 1. The van der Waals surface area contributed by atoms with Crippen molar-refractivity contribution >= 4 is 24.0 Å². The summed E-state index contributed by atoms with van der Waals surface area (Å²) in [6.07, 6.45) is 2.69. The molecule has 48 heavy (non-hydrogen) atoms. The minimum Gasteiger partial charge on any atom is -0.444 e. The van der Waals surface area contributed by atoms with Crippen LogP contribution in [0.1, 0.15) is 69.6 Å². The molecule has 0 radical (unpaired) electrons. The van der Waals surface area contributed by atoms with Gasteiger partial charge in [-0.25, -0.2) is 14.6 Å². The molecule has 2 atom stereocenters. The molecule has 0 saturated carbocycles. The summed E-state index contributed by atoms with van der Waals surface area (Å²) in [4.78, 5) is 48.1. The van der Waals surface area contributed by atoms with E-state index in [1.165, 1.54) is 4.80 Å². The normalized spacial score (nSPS) is 15.5. The van der Waals surface area contributed by atoms with Gasteiger partial charge in [-0.15, -0.1) is 15.0 Å². The van der Waals surface area contributed by atoms with Crippen molar-refractivity contribution in [1.29, 1.82) is 0 Å². The number of rotatable bonds is 8. The van der Waals surface area contributed by atoms with Gasteiger partial charge in [0.15, 0.2) is 0 Å². The Labute approximate surface area is 278 Å². The van der Waals surface area contributed by atoms with E-state index in [1.54, 1.807) is 59.9 Å². The number of tetrazole rings is 1. The van der Waals surface area contributed by atoms with Gasteiger partial charge in [-0.3, -0.25) is 14.4 Å². The maximum atomic E-state index is 14.3. The molecule has 15 heteroatoms. The van der Waals surface area contributed by atoms with E-state index in [4.69, 9.17) is 14.2 Å². The monoisotopic (exact) mass is 659 g/mol. The SMILES string of the molecule is CCOC(=O)O[C@@H](C)n1nnc(-c2c(-c3ccc(C(=O)N(c4ncccc4C)[C@@H]4CCCN(C(=O)OC(C)(C)C)C4)cc3)cnn2C)n1. The fraction of sp³-hybridized carbons (Fsp3) is 0.455. The van der Waals surface area contributed by atoms with E-state index in [1.807, 2.05) is 52.0 Å². The molecule has 254 valence electrons. The van der Waals surface area contributed by atoms with Crippen LogP contribution >= 0.6 is 0 Å². The molecule has 1 fully saturated rings. The number of likely N-dealkylation sites (tertiary alicyclic amines) is 1. The zero-order chi connectivity index (χ0) is 34.6. The minimum atomic E-state index is -0.849. The van der Waals surface area contributed by atoms with Crippen molar-refractivity contribution in [2.24, 2.45) is 7.05 Å². The summed E-state index contributed by atoms with van der Waals surface area (Å²) in [7, 11) is 1.76. The summed E-state index contributed by atoms with van der Waals surface area (Å²) in [6, 6.07) is 10.6. The maximum absolute atomic E-state index is 14.3. The lowest BCUT2D eigenvalue weighted by Gasteiger charge is -2.39. The Morgan fingerprint density at radius 2 is 1.88 bits per heavy atom. The van der Waals surface area contributed by atoms with E-state index >= 15 is 0 Å². The fourth-order valence-electron chi connectivity index (χ4n) is 5.48. The Bertz CT molecular complexity index is 1760. The van der Waals surface area contributed by atoms with Gasteiger partial charge in [-0.05, 0) is 88.9 Å². The zero-order valence-corrected chi connectivity index (χ0v) is 28.3. The molecule has 2 amide bonds. The lowest BCUT2D eigenvalue weighted by Crippen LogP contribution is -2.53. The molecule has 3 aromatic heterocycles. The van der Waals surface area contributed by atoms with Crippen LogP contribution in [0.5, 0.6) is 0 Å². The highest BCUT2D eigenvalue weighted by atomic mass is 16.7. The van der Waals surface area contributed by atoms with Crippen LogP contribution < -0.4 is 4.90 Å². The molecule has 4 heterocycles. The number of aryl methyl sites for hydroxylation is 2. The van der Waals surface area contributed by atoms with Gasteiger partial charge in [0.1, 0.15) is 17.1 Å². The van der Waals surface area contributed by atoms with Crippen molar-refractivity contribution in [3.8, 4) is 22.6 Å². The van der Waals surface area contributed by atoms with Crippen LogP contribution in [0.25, 0.3) is 22.6 Å². The summed E-state index contributed by atoms with van der Waals surface area (Å²) in [6.45, 7) is 11.8. The lowest BCUT2D eigenvalue weighted by molar-refractivity contribution is -0.00517. The first-order valence-corrected chi connectivity index (χ1v) is 15.8. The number of carbonyl (C=O) groups is 3. The summed E-state index contributed by atoms with van der Waals surface area (Å²) in [5, 5.41) is 17.0. The number of benzene rings is 1. The predicted molar refractivity (Wildman–Crippen MR) is 175 cm³/mol. The highest BCUT2D eigenvalue weighted by molar-refractivity contribution is 6.06. The molecule has 1 aliphatic heterocycles. The topological polar surface area (TPSA) is 160 Å². The van der Waals surface area contributed by atoms with Crippen molar-refractivity contribution in [2.75, 3.05) is 24.6 Å². The predicted octanol–water partition coefficient (Wildman–Crippen LogP) is 5.18. The number of aromatic nitrogens is 7. The Morgan fingerprint density at radius 1 is 1.12 bits per heavy atom. The quantitative estimate of drug-likeness (QED) is 0.229. The van der Waals surface area contributed by atoms with Crippen LogP contribution in [0.3, 0.4) is 0 Å². The third-order valence-electron chi connectivity index (χ3n) is 7.72. The molecule has 0 spiro atoms. The molecular formula is C33H41N9O6. The fourth-order valence-corrected chi connectivity index (χ4v) is 5.48. The Kier molecular flexibility index (Phi) is 10.1. The van der Waals surface area contributed by atoms with E-state index in [-0.39, 0.29) is 24.4 Å². The number of hydrogen-bond acceptors (Lipinski definition) is 11. The van der Waals surface area contributed by atoms with E-state index in [2.05, 4.69) is 25.5 Å². The molecule has 4 aromatic rings. The average molecular weight is 660 g/mol. The second kappa shape index (κ2) is 14.2. The highest BCUT2D eigenvalue weighted by Gasteiger charge is 2.35. The highest BCUT2D eigenvalue weighted by Crippen LogP contribution is 2.31. The molecule has 1 aromatic carbocycles. The first-order chi connectivity index (χ1) is 22.9. The third kappa shape index (κ3) is 7.61. The average Bonchev–Trinajstić information content (AvgIpc) is 3.68. The van der Waals surface area contributed by atoms with Gasteiger partial charge in [-0.1, -0.05) is 18.2 Å². The molecule has 0 N–H and O–H groups in total. The molecule has 0 unspecified atom stereocenters. The number of pyridine rings is 1. The molecule has 0 bridgehead atoms. The largest absolute Gasteiger partial charge is 0.510 e. The van der Waals surface area contributed by atoms with Gasteiger partial charge in [0.25, 0.3) is 5.91 Å². The van der Waals surface area contributed by atoms with Gasteiger partial charge in [0, 0.05) is 37.5 Å². The maximum Gasteiger partial charge on any atom is 0.510 e. The van der Waals surface area contributed by atoms with Crippen molar-refractivity contribution in [2.45, 2.75) is 72.3 Å². The molecular weight excluding hydrogens is 618 g/mol. The van der Waals surface area contributed by atoms with Crippen LogP contribution in [0.2, 0.25) is 0 Å². The van der Waals surface area contributed by atoms with Gasteiger partial charge in [0.2, 0.25) is 12.1 Å². The van der Waals surface area contributed by atoms with Gasteiger partial charge >= 0.3 is 12.2 Å². The van der Waals surface area contributed by atoms with Crippen molar-refractivity contribution in [3.63, 3.8) is 0 Å². The molecule has 1 saturated heterocycles. The van der Waals surface area contributed by atoms with Crippen LogP contribution in [-0.2, 0) is 21.3 Å². The standard InChI is InChI=1S/C33H41N9O6/c1-8-46-32(45)47-22(3)42-37-28(36-38-42)27-26(19-35-39(27)7)23-13-15-24(16-14-23)30(43)41(29-21(2)11-9-17-34-29)25-12-10-18-40(20-25)31(44)48-33(4,5)6/h9,11,13-17,19,22,25H,8,10,12,18,20H2,1-7H3/t22-,25+/m0/s1. The van der Waals surface area contributed by atoms with Crippen LogP contribution in [0, 0.1) is 6.92 Å². The minimum absolute atomic E-state index is 0.179. The third-order valence-corrected chi connectivity index (χ3v) is 7.72. The van der Waals surface area contributed by atoms with Gasteiger partial charge in [-0.2, -0.15) is 5.10 Å². The Balaban J connectivity index is 1.40. The van der Waals surface area contributed by atoms with Crippen LogP contribution in [0.15, 0.2) is 48.8 Å². The molecule has 0 aliphatic carbocycles. The van der Waals surface area contributed by atoms with E-state index in [0.29, 0.717) is 48.6 Å². The van der Waals surface area contributed by atoms with E-state index in [0.717, 1.165) is 11.1 Å². The van der Waals surface area contributed by atoms with Crippen LogP contribution in [-0.4, -0.2) is 89.4 Å². The molecule has 1 aliphatic rings. The summed E-state index contributed by atoms with van der Waals surface area (Å²) >= 11 is 0. The van der Waals surface area contributed by atoms with Crippen molar-refractivity contribution in [3.05, 3.63) is 59.9 Å².